The first-order valence-electron chi connectivity index (χ1n) is 6.84. The van der Waals surface area contributed by atoms with Crippen molar-refractivity contribution in [3.63, 3.8) is 0 Å². The van der Waals surface area contributed by atoms with Crippen molar-refractivity contribution in [2.45, 2.75) is 32.4 Å². The summed E-state index contributed by atoms with van der Waals surface area (Å²) in [6.07, 6.45) is 0.616. The average Bonchev–Trinajstić information content (AvgIpc) is 2.38. The molecule has 18 heavy (non-hydrogen) atoms. The standard InChI is InChI=1S/C15H24N2O/c1-10(2)13(9-16)15(18)14-12-6-4-3-5-11(12)7-8-17-14/h3-6,10,13-15,17-18H,7-9,16H2,1-2H3. The summed E-state index contributed by atoms with van der Waals surface area (Å²) in [4.78, 5) is 0. The fraction of sp³-hybridized carbons (Fsp3) is 0.600. The summed E-state index contributed by atoms with van der Waals surface area (Å²) in [5, 5.41) is 14.0. The molecule has 100 valence electrons. The minimum Gasteiger partial charge on any atom is -0.391 e. The van der Waals surface area contributed by atoms with Crippen LogP contribution in [0.2, 0.25) is 0 Å². The van der Waals surface area contributed by atoms with Gasteiger partial charge in [0.25, 0.3) is 0 Å². The van der Waals surface area contributed by atoms with Crippen LogP contribution in [0.3, 0.4) is 0 Å². The van der Waals surface area contributed by atoms with Crippen LogP contribution in [0.25, 0.3) is 0 Å². The minimum absolute atomic E-state index is 0.0194. The smallest absolute Gasteiger partial charge is 0.0777 e. The number of fused-ring (bicyclic) bond motifs is 1. The number of nitrogens with one attached hydrogen (secondary N) is 1. The normalized spacial score (nSPS) is 22.6. The van der Waals surface area contributed by atoms with Crippen molar-refractivity contribution in [2.24, 2.45) is 17.6 Å². The second-order valence-electron chi connectivity index (χ2n) is 5.51. The van der Waals surface area contributed by atoms with Crippen molar-refractivity contribution in [3.05, 3.63) is 35.4 Å². The molecule has 0 spiro atoms. The highest BCUT2D eigenvalue weighted by molar-refractivity contribution is 5.33. The Hall–Kier alpha value is -0.900. The van der Waals surface area contributed by atoms with Crippen LogP contribution in [0, 0.1) is 11.8 Å². The van der Waals surface area contributed by atoms with E-state index in [9.17, 15) is 5.11 Å². The van der Waals surface area contributed by atoms with Gasteiger partial charge in [0.1, 0.15) is 0 Å². The molecule has 0 aliphatic carbocycles. The largest absolute Gasteiger partial charge is 0.391 e. The van der Waals surface area contributed by atoms with Crippen LogP contribution < -0.4 is 11.1 Å². The topological polar surface area (TPSA) is 58.3 Å². The van der Waals surface area contributed by atoms with E-state index in [1.54, 1.807) is 0 Å². The zero-order chi connectivity index (χ0) is 13.1. The molecule has 3 atom stereocenters. The van der Waals surface area contributed by atoms with Crippen molar-refractivity contribution in [2.75, 3.05) is 13.1 Å². The number of aliphatic hydroxyl groups excluding tert-OH is 1. The van der Waals surface area contributed by atoms with Crippen LogP contribution in [-0.4, -0.2) is 24.3 Å². The van der Waals surface area contributed by atoms with Crippen molar-refractivity contribution < 1.29 is 5.11 Å². The van der Waals surface area contributed by atoms with Gasteiger partial charge in [-0.05, 0) is 36.6 Å². The molecule has 0 aromatic heterocycles. The first-order chi connectivity index (χ1) is 8.65. The van der Waals surface area contributed by atoms with Crippen molar-refractivity contribution in [3.8, 4) is 0 Å². The molecule has 0 saturated heterocycles. The molecule has 0 radical (unpaired) electrons. The third-order valence-corrected chi connectivity index (χ3v) is 4.06. The zero-order valence-electron chi connectivity index (χ0n) is 11.3. The molecule has 3 heteroatoms. The van der Waals surface area contributed by atoms with Crippen LogP contribution in [0.15, 0.2) is 24.3 Å². The summed E-state index contributed by atoms with van der Waals surface area (Å²) in [5.74, 6) is 0.523. The molecule has 4 N–H and O–H groups in total. The first-order valence-corrected chi connectivity index (χ1v) is 6.84. The SMILES string of the molecule is CC(C)C(CN)C(O)C1NCCc2ccccc21. The summed E-state index contributed by atoms with van der Waals surface area (Å²) in [5.41, 5.74) is 8.39. The van der Waals surface area contributed by atoms with Gasteiger partial charge in [-0.2, -0.15) is 0 Å². The number of hydrogen-bond donors (Lipinski definition) is 3. The molecule has 0 saturated carbocycles. The summed E-state index contributed by atoms with van der Waals surface area (Å²) in [7, 11) is 0. The van der Waals surface area contributed by atoms with Crippen molar-refractivity contribution in [1.29, 1.82) is 0 Å². The van der Waals surface area contributed by atoms with Gasteiger partial charge >= 0.3 is 0 Å². The van der Waals surface area contributed by atoms with E-state index in [2.05, 4.69) is 37.4 Å². The predicted octanol–water partition coefficient (Wildman–Crippen LogP) is 1.47. The number of benzene rings is 1. The molecular formula is C15H24N2O. The molecule has 1 aliphatic rings. The number of nitrogens with two attached hydrogens (primary N) is 1. The van der Waals surface area contributed by atoms with Gasteiger partial charge in [0.05, 0.1) is 12.1 Å². The Morgan fingerprint density at radius 3 is 2.78 bits per heavy atom. The van der Waals surface area contributed by atoms with E-state index in [4.69, 9.17) is 5.73 Å². The van der Waals surface area contributed by atoms with Gasteiger partial charge in [-0.1, -0.05) is 38.1 Å². The van der Waals surface area contributed by atoms with E-state index >= 15 is 0 Å². The number of aliphatic hydroxyl groups is 1. The fourth-order valence-electron chi connectivity index (χ4n) is 2.90. The maximum absolute atomic E-state index is 10.6. The van der Waals surface area contributed by atoms with Crippen LogP contribution in [0.1, 0.15) is 31.0 Å². The van der Waals surface area contributed by atoms with Gasteiger partial charge in [-0.15, -0.1) is 0 Å². The first kappa shape index (κ1) is 13.5. The number of rotatable bonds is 4. The van der Waals surface area contributed by atoms with E-state index in [-0.39, 0.29) is 12.0 Å². The highest BCUT2D eigenvalue weighted by Gasteiger charge is 2.32. The van der Waals surface area contributed by atoms with Gasteiger partial charge in [-0.25, -0.2) is 0 Å². The maximum atomic E-state index is 10.6. The van der Waals surface area contributed by atoms with E-state index in [1.165, 1.54) is 11.1 Å². The lowest BCUT2D eigenvalue weighted by Crippen LogP contribution is -2.44. The predicted molar refractivity (Wildman–Crippen MR) is 74.3 cm³/mol. The highest BCUT2D eigenvalue weighted by Crippen LogP contribution is 2.30. The zero-order valence-corrected chi connectivity index (χ0v) is 11.3. The Bertz CT molecular complexity index is 392. The summed E-state index contributed by atoms with van der Waals surface area (Å²) in [6, 6.07) is 8.40. The average molecular weight is 248 g/mol. The lowest BCUT2D eigenvalue weighted by Gasteiger charge is -2.36. The van der Waals surface area contributed by atoms with Crippen LogP contribution in [-0.2, 0) is 6.42 Å². The summed E-state index contributed by atoms with van der Waals surface area (Å²) in [6.45, 7) is 5.69. The van der Waals surface area contributed by atoms with E-state index in [1.807, 2.05) is 6.07 Å². The lowest BCUT2D eigenvalue weighted by molar-refractivity contribution is 0.0481. The highest BCUT2D eigenvalue weighted by atomic mass is 16.3. The molecule has 1 aromatic carbocycles. The maximum Gasteiger partial charge on any atom is 0.0777 e. The molecule has 0 amide bonds. The molecule has 0 fully saturated rings. The Labute approximate surface area is 109 Å². The molecule has 3 unspecified atom stereocenters. The molecule has 3 nitrogen and oxygen atoms in total. The van der Waals surface area contributed by atoms with Crippen LogP contribution in [0.4, 0.5) is 0 Å². The monoisotopic (exact) mass is 248 g/mol. The van der Waals surface area contributed by atoms with Gasteiger partial charge in [-0.3, -0.25) is 0 Å². The molecule has 1 heterocycles. The quantitative estimate of drug-likeness (QED) is 0.756. The van der Waals surface area contributed by atoms with Gasteiger partial charge in [0, 0.05) is 5.92 Å². The van der Waals surface area contributed by atoms with Gasteiger partial charge in [0.15, 0.2) is 0 Å². The van der Waals surface area contributed by atoms with E-state index in [0.29, 0.717) is 12.5 Å². The third-order valence-electron chi connectivity index (χ3n) is 4.06. The Morgan fingerprint density at radius 2 is 2.11 bits per heavy atom. The van der Waals surface area contributed by atoms with Gasteiger partial charge < -0.3 is 16.2 Å². The second-order valence-corrected chi connectivity index (χ2v) is 5.51. The molecule has 0 bridgehead atoms. The number of hydrogen-bond acceptors (Lipinski definition) is 3. The Kier molecular flexibility index (Phi) is 4.38. The Balaban J connectivity index is 2.24. The summed E-state index contributed by atoms with van der Waals surface area (Å²) >= 11 is 0. The van der Waals surface area contributed by atoms with Gasteiger partial charge in [0.2, 0.25) is 0 Å². The minimum atomic E-state index is -0.420. The molecule has 1 aliphatic heterocycles. The molecular weight excluding hydrogens is 224 g/mol. The van der Waals surface area contributed by atoms with Crippen LogP contribution >= 0.6 is 0 Å². The lowest BCUT2D eigenvalue weighted by atomic mass is 9.81. The van der Waals surface area contributed by atoms with Crippen LogP contribution in [0.5, 0.6) is 0 Å². The summed E-state index contributed by atoms with van der Waals surface area (Å²) < 4.78 is 0. The third kappa shape index (κ3) is 2.58. The molecule has 2 rings (SSSR count). The fourth-order valence-corrected chi connectivity index (χ4v) is 2.90. The second kappa shape index (κ2) is 5.83. The molecule has 1 aromatic rings. The van der Waals surface area contributed by atoms with Crippen molar-refractivity contribution in [1.82, 2.24) is 5.32 Å². The van der Waals surface area contributed by atoms with E-state index in [0.717, 1.165) is 13.0 Å². The van der Waals surface area contributed by atoms with E-state index < -0.39 is 6.10 Å². The van der Waals surface area contributed by atoms with Crippen molar-refractivity contribution >= 4 is 0 Å². The Morgan fingerprint density at radius 1 is 1.39 bits per heavy atom.